The Morgan fingerprint density at radius 3 is 2.63 bits per heavy atom. The largest absolute Gasteiger partial charge is 0.313 e. The number of hydrogen-bond donors (Lipinski definition) is 1. The number of rotatable bonds is 4. The predicted octanol–water partition coefficient (Wildman–Crippen LogP) is 4.56. The summed E-state index contributed by atoms with van der Waals surface area (Å²) in [7, 11) is 0. The van der Waals surface area contributed by atoms with Crippen LogP contribution < -0.4 is 5.32 Å². The quantitative estimate of drug-likeness (QED) is 0.864. The average molecular weight is 278 g/mol. The van der Waals surface area contributed by atoms with E-state index in [0.29, 0.717) is 5.02 Å². The van der Waals surface area contributed by atoms with Crippen LogP contribution in [0.3, 0.4) is 0 Å². The van der Waals surface area contributed by atoms with Gasteiger partial charge in [-0.1, -0.05) is 30.7 Å². The van der Waals surface area contributed by atoms with Crippen LogP contribution in [0, 0.1) is 12.7 Å². The van der Waals surface area contributed by atoms with E-state index in [4.69, 9.17) is 11.6 Å². The van der Waals surface area contributed by atoms with Crippen molar-refractivity contribution in [2.45, 2.75) is 20.4 Å². The molecule has 0 saturated heterocycles. The summed E-state index contributed by atoms with van der Waals surface area (Å²) in [5.74, 6) is -0.268. The van der Waals surface area contributed by atoms with Crippen LogP contribution in [0.1, 0.15) is 18.1 Å². The molecule has 0 aliphatic carbocycles. The fourth-order valence-electron chi connectivity index (χ4n) is 2.04. The zero-order valence-corrected chi connectivity index (χ0v) is 11.9. The van der Waals surface area contributed by atoms with Crippen LogP contribution >= 0.6 is 11.6 Å². The SMILES string of the molecule is CCNCc1ccc(C)c(-c2cc(F)ccc2Cl)c1. The first-order chi connectivity index (χ1) is 9.11. The van der Waals surface area contributed by atoms with Crippen molar-refractivity contribution in [3.63, 3.8) is 0 Å². The summed E-state index contributed by atoms with van der Waals surface area (Å²) in [6.07, 6.45) is 0. The molecule has 2 aromatic rings. The van der Waals surface area contributed by atoms with E-state index in [1.807, 2.05) is 13.0 Å². The van der Waals surface area contributed by atoms with Crippen LogP contribution in [0.15, 0.2) is 36.4 Å². The van der Waals surface area contributed by atoms with Gasteiger partial charge in [0, 0.05) is 17.1 Å². The van der Waals surface area contributed by atoms with Crippen molar-refractivity contribution in [3.05, 3.63) is 58.4 Å². The Bertz CT molecular complexity index is 581. The van der Waals surface area contributed by atoms with E-state index in [1.165, 1.54) is 17.7 Å². The molecule has 1 nitrogen and oxygen atoms in total. The fourth-order valence-corrected chi connectivity index (χ4v) is 2.26. The molecule has 100 valence electrons. The lowest BCUT2D eigenvalue weighted by Gasteiger charge is -2.11. The number of halogens is 2. The van der Waals surface area contributed by atoms with Crippen molar-refractivity contribution < 1.29 is 4.39 Å². The summed E-state index contributed by atoms with van der Waals surface area (Å²) in [6.45, 7) is 5.80. The van der Waals surface area contributed by atoms with Gasteiger partial charge in [-0.3, -0.25) is 0 Å². The van der Waals surface area contributed by atoms with E-state index in [-0.39, 0.29) is 5.82 Å². The van der Waals surface area contributed by atoms with E-state index in [1.54, 1.807) is 6.07 Å². The Balaban J connectivity index is 2.45. The second kappa shape index (κ2) is 6.18. The first-order valence-corrected chi connectivity index (χ1v) is 6.75. The van der Waals surface area contributed by atoms with Gasteiger partial charge in [0.05, 0.1) is 0 Å². The molecular formula is C16H17ClFN. The summed E-state index contributed by atoms with van der Waals surface area (Å²) < 4.78 is 13.4. The third-order valence-corrected chi connectivity index (χ3v) is 3.43. The maximum atomic E-state index is 13.4. The van der Waals surface area contributed by atoms with E-state index in [2.05, 4.69) is 24.4 Å². The fraction of sp³-hybridized carbons (Fsp3) is 0.250. The van der Waals surface area contributed by atoms with Crippen LogP contribution in [0.5, 0.6) is 0 Å². The molecule has 0 atom stereocenters. The Labute approximate surface area is 118 Å². The van der Waals surface area contributed by atoms with Crippen LogP contribution in [0.25, 0.3) is 11.1 Å². The number of nitrogens with one attached hydrogen (secondary N) is 1. The molecule has 0 aliphatic rings. The summed E-state index contributed by atoms with van der Waals surface area (Å²) in [4.78, 5) is 0. The molecule has 2 rings (SSSR count). The van der Waals surface area contributed by atoms with Gasteiger partial charge in [0.2, 0.25) is 0 Å². The lowest BCUT2D eigenvalue weighted by atomic mass is 9.98. The zero-order valence-electron chi connectivity index (χ0n) is 11.1. The lowest BCUT2D eigenvalue weighted by Crippen LogP contribution is -2.11. The van der Waals surface area contributed by atoms with Gasteiger partial charge in [0.25, 0.3) is 0 Å². The second-order valence-electron chi connectivity index (χ2n) is 4.55. The van der Waals surface area contributed by atoms with Crippen molar-refractivity contribution in [1.29, 1.82) is 0 Å². The van der Waals surface area contributed by atoms with Gasteiger partial charge in [-0.25, -0.2) is 4.39 Å². The van der Waals surface area contributed by atoms with Crippen molar-refractivity contribution in [2.24, 2.45) is 0 Å². The first kappa shape index (κ1) is 14.0. The van der Waals surface area contributed by atoms with Crippen molar-refractivity contribution in [1.82, 2.24) is 5.32 Å². The Hall–Kier alpha value is -1.38. The topological polar surface area (TPSA) is 12.0 Å². The van der Waals surface area contributed by atoms with E-state index >= 15 is 0 Å². The van der Waals surface area contributed by atoms with Crippen LogP contribution in [-0.4, -0.2) is 6.54 Å². The molecule has 0 spiro atoms. The number of aryl methyl sites for hydroxylation is 1. The minimum Gasteiger partial charge on any atom is -0.313 e. The maximum absolute atomic E-state index is 13.4. The van der Waals surface area contributed by atoms with Crippen LogP contribution in [-0.2, 0) is 6.54 Å². The molecule has 0 saturated carbocycles. The second-order valence-corrected chi connectivity index (χ2v) is 4.96. The van der Waals surface area contributed by atoms with Gasteiger partial charge in [-0.05, 0) is 54.4 Å². The zero-order chi connectivity index (χ0) is 13.8. The van der Waals surface area contributed by atoms with E-state index < -0.39 is 0 Å². The molecule has 1 N–H and O–H groups in total. The van der Waals surface area contributed by atoms with E-state index in [0.717, 1.165) is 29.8 Å². The Morgan fingerprint density at radius 2 is 1.89 bits per heavy atom. The normalized spacial score (nSPS) is 10.7. The third kappa shape index (κ3) is 3.34. The van der Waals surface area contributed by atoms with Crippen molar-refractivity contribution >= 4 is 11.6 Å². The van der Waals surface area contributed by atoms with Gasteiger partial charge in [-0.2, -0.15) is 0 Å². The molecule has 0 aromatic heterocycles. The predicted molar refractivity (Wildman–Crippen MR) is 79.0 cm³/mol. The van der Waals surface area contributed by atoms with Crippen molar-refractivity contribution in [3.8, 4) is 11.1 Å². The highest BCUT2D eigenvalue weighted by molar-refractivity contribution is 6.33. The van der Waals surface area contributed by atoms with Gasteiger partial charge >= 0.3 is 0 Å². The third-order valence-electron chi connectivity index (χ3n) is 3.10. The minimum absolute atomic E-state index is 0.268. The summed E-state index contributed by atoms with van der Waals surface area (Å²) >= 11 is 6.18. The summed E-state index contributed by atoms with van der Waals surface area (Å²) in [5, 5.41) is 3.86. The number of benzene rings is 2. The molecule has 2 aromatic carbocycles. The molecule has 3 heteroatoms. The van der Waals surface area contributed by atoms with Gasteiger partial charge < -0.3 is 5.32 Å². The summed E-state index contributed by atoms with van der Waals surface area (Å²) in [5.41, 5.74) is 3.99. The van der Waals surface area contributed by atoms with Gasteiger partial charge in [0.1, 0.15) is 5.82 Å². The minimum atomic E-state index is -0.268. The molecule has 0 amide bonds. The smallest absolute Gasteiger partial charge is 0.123 e. The highest BCUT2D eigenvalue weighted by Gasteiger charge is 2.08. The van der Waals surface area contributed by atoms with E-state index in [9.17, 15) is 4.39 Å². The lowest BCUT2D eigenvalue weighted by molar-refractivity contribution is 0.628. The molecular weight excluding hydrogens is 261 g/mol. The first-order valence-electron chi connectivity index (χ1n) is 6.37. The molecule has 0 unspecified atom stereocenters. The maximum Gasteiger partial charge on any atom is 0.123 e. The Morgan fingerprint density at radius 1 is 1.11 bits per heavy atom. The Kier molecular flexibility index (Phi) is 4.56. The monoisotopic (exact) mass is 277 g/mol. The molecule has 0 aliphatic heterocycles. The average Bonchev–Trinajstić information content (AvgIpc) is 2.41. The highest BCUT2D eigenvalue weighted by Crippen LogP contribution is 2.31. The van der Waals surface area contributed by atoms with Gasteiger partial charge in [-0.15, -0.1) is 0 Å². The van der Waals surface area contributed by atoms with Gasteiger partial charge in [0.15, 0.2) is 0 Å². The molecule has 0 radical (unpaired) electrons. The number of hydrogen-bond acceptors (Lipinski definition) is 1. The molecule has 0 bridgehead atoms. The van der Waals surface area contributed by atoms with Crippen LogP contribution in [0.2, 0.25) is 5.02 Å². The molecule has 0 fully saturated rings. The van der Waals surface area contributed by atoms with Crippen molar-refractivity contribution in [2.75, 3.05) is 6.54 Å². The standard InChI is InChI=1S/C16H17ClFN/c1-3-19-10-12-5-4-11(2)14(8-12)15-9-13(18)6-7-16(15)17/h4-9,19H,3,10H2,1-2H3. The summed E-state index contributed by atoms with van der Waals surface area (Å²) in [6, 6.07) is 10.7. The highest BCUT2D eigenvalue weighted by atomic mass is 35.5. The van der Waals surface area contributed by atoms with Crippen LogP contribution in [0.4, 0.5) is 4.39 Å². The molecule has 0 heterocycles. The molecule has 19 heavy (non-hydrogen) atoms.